The van der Waals surface area contributed by atoms with Crippen molar-refractivity contribution in [2.45, 2.75) is 63.6 Å². The molecule has 1 unspecified atom stereocenters. The number of aliphatic hydroxyl groups is 1. The zero-order valence-corrected chi connectivity index (χ0v) is 13.1. The molecule has 1 nitrogen and oxygen atoms in total. The minimum Gasteiger partial charge on any atom is -0.376 e. The maximum Gasteiger partial charge on any atom is 0.421 e. The van der Waals surface area contributed by atoms with Crippen molar-refractivity contribution in [1.82, 2.24) is 0 Å². The van der Waals surface area contributed by atoms with Gasteiger partial charge < -0.3 is 5.11 Å². The summed E-state index contributed by atoms with van der Waals surface area (Å²) in [5.74, 6) is 0. The van der Waals surface area contributed by atoms with E-state index in [1.165, 1.54) is 49.6 Å². The number of rotatable bonds is 9. The van der Waals surface area contributed by atoms with Crippen molar-refractivity contribution in [3.05, 3.63) is 48.0 Å². The van der Waals surface area contributed by atoms with E-state index < -0.39 is 18.2 Å². The van der Waals surface area contributed by atoms with E-state index in [-0.39, 0.29) is 5.56 Å². The third-order valence-corrected chi connectivity index (χ3v) is 3.77. The number of unbranched alkanes of at least 4 members (excludes halogenated alkanes) is 5. The molecule has 0 amide bonds. The van der Waals surface area contributed by atoms with E-state index in [1.807, 2.05) is 0 Å². The number of alkyl halides is 3. The molecular formula is C18H25F3O. The van der Waals surface area contributed by atoms with Crippen LogP contribution in [0.25, 0.3) is 0 Å². The lowest BCUT2D eigenvalue weighted by molar-refractivity contribution is -0.265. The summed E-state index contributed by atoms with van der Waals surface area (Å²) in [5, 5.41) is 10.1. The van der Waals surface area contributed by atoms with Crippen molar-refractivity contribution in [3.8, 4) is 0 Å². The molecule has 0 saturated heterocycles. The van der Waals surface area contributed by atoms with Gasteiger partial charge in [0.05, 0.1) is 0 Å². The number of benzene rings is 1. The van der Waals surface area contributed by atoms with Crippen LogP contribution in [0.2, 0.25) is 0 Å². The minimum absolute atomic E-state index is 0.116. The first kappa shape index (κ1) is 18.8. The molecule has 22 heavy (non-hydrogen) atoms. The predicted molar refractivity (Wildman–Crippen MR) is 83.5 cm³/mol. The van der Waals surface area contributed by atoms with Gasteiger partial charge in [-0.25, -0.2) is 0 Å². The molecule has 0 spiro atoms. The van der Waals surface area contributed by atoms with Gasteiger partial charge in [-0.05, 0) is 18.4 Å². The van der Waals surface area contributed by atoms with Gasteiger partial charge in [-0.2, -0.15) is 13.2 Å². The summed E-state index contributed by atoms with van der Waals surface area (Å²) in [4.78, 5) is 0. The van der Waals surface area contributed by atoms with Crippen LogP contribution in [0.3, 0.4) is 0 Å². The molecule has 0 radical (unpaired) electrons. The number of allylic oxidation sites excluding steroid dienone is 1. The maximum atomic E-state index is 13.2. The second-order valence-corrected chi connectivity index (χ2v) is 5.60. The predicted octanol–water partition coefficient (Wildman–Crippen LogP) is 5.74. The standard InChI is InChI=1S/C18H25F3O/c1-2-3-4-5-6-7-8-12-15-17(22,18(19,20)21)16-13-10-9-11-14-16/h8-14,22H,2-7,15H2,1H3/b12-8+. The van der Waals surface area contributed by atoms with Crippen LogP contribution in [0, 0.1) is 0 Å². The summed E-state index contributed by atoms with van der Waals surface area (Å²) in [6, 6.07) is 7.26. The van der Waals surface area contributed by atoms with Crippen molar-refractivity contribution < 1.29 is 18.3 Å². The van der Waals surface area contributed by atoms with Gasteiger partial charge in [0.1, 0.15) is 0 Å². The Bertz CT molecular complexity index is 439. The molecule has 1 N–H and O–H groups in total. The molecule has 124 valence electrons. The van der Waals surface area contributed by atoms with E-state index in [2.05, 4.69) is 6.92 Å². The topological polar surface area (TPSA) is 20.2 Å². The SMILES string of the molecule is CCCCCCC/C=C/CC(O)(c1ccccc1)C(F)(F)F. The van der Waals surface area contributed by atoms with Crippen molar-refractivity contribution >= 4 is 0 Å². The van der Waals surface area contributed by atoms with Gasteiger partial charge >= 0.3 is 6.18 Å². The average Bonchev–Trinajstić information content (AvgIpc) is 2.49. The molecule has 0 heterocycles. The lowest BCUT2D eigenvalue weighted by Gasteiger charge is -2.30. The van der Waals surface area contributed by atoms with Gasteiger partial charge in [-0.15, -0.1) is 0 Å². The quantitative estimate of drug-likeness (QED) is 0.455. The molecule has 0 bridgehead atoms. The monoisotopic (exact) mass is 314 g/mol. The summed E-state index contributed by atoms with van der Waals surface area (Å²) in [5.41, 5.74) is -2.93. The summed E-state index contributed by atoms with van der Waals surface area (Å²) in [6.45, 7) is 2.14. The fraction of sp³-hybridized carbons (Fsp3) is 0.556. The van der Waals surface area contributed by atoms with Crippen LogP contribution in [-0.2, 0) is 5.60 Å². The minimum atomic E-state index is -4.69. The smallest absolute Gasteiger partial charge is 0.376 e. The van der Waals surface area contributed by atoms with Crippen molar-refractivity contribution in [2.75, 3.05) is 0 Å². The Morgan fingerprint density at radius 2 is 1.59 bits per heavy atom. The van der Waals surface area contributed by atoms with E-state index in [4.69, 9.17) is 0 Å². The highest BCUT2D eigenvalue weighted by Crippen LogP contribution is 2.41. The summed E-state index contributed by atoms with van der Waals surface area (Å²) in [6.07, 6.45) is 4.41. The molecule has 1 rings (SSSR count). The largest absolute Gasteiger partial charge is 0.421 e. The number of hydrogen-bond acceptors (Lipinski definition) is 1. The molecule has 0 aliphatic carbocycles. The van der Waals surface area contributed by atoms with E-state index in [0.29, 0.717) is 0 Å². The van der Waals surface area contributed by atoms with Crippen molar-refractivity contribution in [1.29, 1.82) is 0 Å². The van der Waals surface area contributed by atoms with Gasteiger partial charge in [-0.3, -0.25) is 0 Å². The molecule has 0 fully saturated rings. The lowest BCUT2D eigenvalue weighted by atomic mass is 9.89. The van der Waals surface area contributed by atoms with E-state index in [1.54, 1.807) is 12.1 Å². The highest BCUT2D eigenvalue weighted by Gasteiger charge is 2.53. The van der Waals surface area contributed by atoms with Crippen LogP contribution < -0.4 is 0 Å². The first-order valence-electron chi connectivity index (χ1n) is 7.91. The maximum absolute atomic E-state index is 13.2. The summed E-state index contributed by atoms with van der Waals surface area (Å²) >= 11 is 0. The molecule has 0 saturated carbocycles. The Kier molecular flexibility index (Phi) is 7.66. The Hall–Kier alpha value is -1.29. The third kappa shape index (κ3) is 5.48. The molecule has 0 aromatic heterocycles. The van der Waals surface area contributed by atoms with Crippen LogP contribution in [-0.4, -0.2) is 11.3 Å². The van der Waals surface area contributed by atoms with Gasteiger partial charge in [-0.1, -0.05) is 75.1 Å². The average molecular weight is 314 g/mol. The zero-order valence-electron chi connectivity index (χ0n) is 13.1. The fourth-order valence-corrected chi connectivity index (χ4v) is 2.35. The van der Waals surface area contributed by atoms with Crippen molar-refractivity contribution in [3.63, 3.8) is 0 Å². The van der Waals surface area contributed by atoms with Gasteiger partial charge in [0, 0.05) is 6.42 Å². The molecule has 0 aliphatic rings. The number of hydrogen-bond donors (Lipinski definition) is 1. The highest BCUT2D eigenvalue weighted by atomic mass is 19.4. The van der Waals surface area contributed by atoms with Crippen LogP contribution in [0.5, 0.6) is 0 Å². The third-order valence-electron chi connectivity index (χ3n) is 3.77. The highest BCUT2D eigenvalue weighted by molar-refractivity contribution is 5.25. The van der Waals surface area contributed by atoms with Crippen molar-refractivity contribution in [2.24, 2.45) is 0 Å². The first-order valence-corrected chi connectivity index (χ1v) is 7.91. The molecule has 1 aromatic carbocycles. The summed E-state index contributed by atoms with van der Waals surface area (Å²) in [7, 11) is 0. The second-order valence-electron chi connectivity index (χ2n) is 5.60. The van der Waals surface area contributed by atoms with Gasteiger partial charge in [0.15, 0.2) is 5.60 Å². The molecular weight excluding hydrogens is 289 g/mol. The van der Waals surface area contributed by atoms with Crippen LogP contribution in [0.4, 0.5) is 13.2 Å². The number of halogens is 3. The van der Waals surface area contributed by atoms with Crippen LogP contribution >= 0.6 is 0 Å². The zero-order chi connectivity index (χ0) is 16.5. The van der Waals surface area contributed by atoms with Crippen LogP contribution in [0.15, 0.2) is 42.5 Å². The van der Waals surface area contributed by atoms with E-state index in [0.717, 1.165) is 19.3 Å². The normalized spacial score (nSPS) is 15.1. The van der Waals surface area contributed by atoms with E-state index in [9.17, 15) is 18.3 Å². The Labute approximate surface area is 130 Å². The molecule has 0 aliphatic heterocycles. The lowest BCUT2D eigenvalue weighted by Crippen LogP contribution is -2.41. The molecule has 1 aromatic rings. The Balaban J connectivity index is 2.57. The fourth-order valence-electron chi connectivity index (χ4n) is 2.35. The van der Waals surface area contributed by atoms with Gasteiger partial charge in [0.25, 0.3) is 0 Å². The molecule has 1 atom stereocenters. The second kappa shape index (κ2) is 8.99. The molecule has 4 heteroatoms. The van der Waals surface area contributed by atoms with Crippen LogP contribution in [0.1, 0.15) is 57.4 Å². The first-order chi connectivity index (χ1) is 10.4. The summed E-state index contributed by atoms with van der Waals surface area (Å²) < 4.78 is 39.7. The Morgan fingerprint density at radius 1 is 0.955 bits per heavy atom. The Morgan fingerprint density at radius 3 is 2.18 bits per heavy atom. The van der Waals surface area contributed by atoms with Gasteiger partial charge in [0.2, 0.25) is 0 Å². The van der Waals surface area contributed by atoms with E-state index >= 15 is 0 Å².